The van der Waals surface area contributed by atoms with E-state index in [1.807, 2.05) is 0 Å². The summed E-state index contributed by atoms with van der Waals surface area (Å²) < 4.78 is 23.3. The lowest BCUT2D eigenvalue weighted by atomic mass is 9.80. The first-order valence-electron chi connectivity index (χ1n) is 7.46. The van der Waals surface area contributed by atoms with Crippen molar-refractivity contribution in [3.8, 4) is 0 Å². The molecule has 19 heavy (non-hydrogen) atoms. The lowest BCUT2D eigenvalue weighted by molar-refractivity contribution is 0.155. The van der Waals surface area contributed by atoms with E-state index in [0.29, 0.717) is 23.5 Å². The number of alkyl halides is 1. The molecule has 0 radical (unpaired) electrons. The molecule has 0 saturated carbocycles. The van der Waals surface area contributed by atoms with Gasteiger partial charge in [0.2, 0.25) is 0 Å². The third-order valence-corrected chi connectivity index (χ3v) is 6.96. The molecule has 0 spiro atoms. The van der Waals surface area contributed by atoms with Gasteiger partial charge < -0.3 is 4.90 Å². The Kier molecular flexibility index (Phi) is 7.33. The molecule has 0 N–H and O–H groups in total. The van der Waals surface area contributed by atoms with Gasteiger partial charge in [-0.3, -0.25) is 0 Å². The molecule has 1 heterocycles. The molecule has 1 aliphatic rings. The first-order valence-corrected chi connectivity index (χ1v) is 10.4. The SMILES string of the molecule is CCCC(CBr)(CCC)CN1CCCS(=O)(=O)CC1. The van der Waals surface area contributed by atoms with E-state index in [4.69, 9.17) is 0 Å². The molecule has 0 aliphatic carbocycles. The molecule has 0 aromatic heterocycles. The minimum Gasteiger partial charge on any atom is -0.302 e. The number of sulfone groups is 1. The van der Waals surface area contributed by atoms with Gasteiger partial charge in [0.25, 0.3) is 0 Å². The van der Waals surface area contributed by atoms with Crippen LogP contribution < -0.4 is 0 Å². The Hall–Kier alpha value is 0.390. The van der Waals surface area contributed by atoms with Gasteiger partial charge in [-0.2, -0.15) is 0 Å². The maximum absolute atomic E-state index is 11.7. The number of hydrogen-bond donors (Lipinski definition) is 0. The van der Waals surface area contributed by atoms with E-state index in [9.17, 15) is 8.42 Å². The molecule has 0 aromatic rings. The second kappa shape index (κ2) is 7.99. The minimum atomic E-state index is -2.79. The molecule has 1 rings (SSSR count). The second-order valence-electron chi connectivity index (χ2n) is 5.92. The quantitative estimate of drug-likeness (QED) is 0.660. The van der Waals surface area contributed by atoms with Crippen molar-refractivity contribution in [2.45, 2.75) is 46.0 Å². The van der Waals surface area contributed by atoms with Crippen molar-refractivity contribution in [2.24, 2.45) is 5.41 Å². The fourth-order valence-electron chi connectivity index (χ4n) is 3.14. The van der Waals surface area contributed by atoms with Crippen molar-refractivity contribution >= 4 is 25.8 Å². The highest BCUT2D eigenvalue weighted by molar-refractivity contribution is 9.09. The normalized spacial score (nSPS) is 21.2. The van der Waals surface area contributed by atoms with Crippen molar-refractivity contribution in [1.29, 1.82) is 0 Å². The van der Waals surface area contributed by atoms with Crippen LogP contribution in [0.4, 0.5) is 0 Å². The van der Waals surface area contributed by atoms with Crippen molar-refractivity contribution in [2.75, 3.05) is 36.5 Å². The summed E-state index contributed by atoms with van der Waals surface area (Å²) in [7, 11) is -2.79. The summed E-state index contributed by atoms with van der Waals surface area (Å²) in [5, 5.41) is 1.02. The summed E-state index contributed by atoms with van der Waals surface area (Å²) in [5.74, 6) is 0.704. The summed E-state index contributed by atoms with van der Waals surface area (Å²) in [4.78, 5) is 2.37. The van der Waals surface area contributed by atoms with Crippen LogP contribution in [0, 0.1) is 5.41 Å². The summed E-state index contributed by atoms with van der Waals surface area (Å²) in [6.07, 6.45) is 5.61. The van der Waals surface area contributed by atoms with Crippen LogP contribution >= 0.6 is 15.9 Å². The summed E-state index contributed by atoms with van der Waals surface area (Å²) in [6.45, 7) is 7.15. The maximum atomic E-state index is 11.7. The van der Waals surface area contributed by atoms with Crippen molar-refractivity contribution < 1.29 is 8.42 Å². The number of hydrogen-bond acceptors (Lipinski definition) is 3. The van der Waals surface area contributed by atoms with Gasteiger partial charge in [-0.1, -0.05) is 42.6 Å². The fraction of sp³-hybridized carbons (Fsp3) is 1.00. The molecular weight excluding hydrogens is 326 g/mol. The molecule has 1 aliphatic heterocycles. The van der Waals surface area contributed by atoms with Gasteiger partial charge in [0.1, 0.15) is 0 Å². The zero-order valence-corrected chi connectivity index (χ0v) is 14.7. The first-order chi connectivity index (χ1) is 8.97. The van der Waals surface area contributed by atoms with Gasteiger partial charge in [0.05, 0.1) is 11.5 Å². The second-order valence-corrected chi connectivity index (χ2v) is 8.78. The van der Waals surface area contributed by atoms with Crippen LogP contribution in [-0.4, -0.2) is 49.8 Å². The fourth-order valence-corrected chi connectivity index (χ4v) is 5.19. The average Bonchev–Trinajstić information content (AvgIpc) is 2.51. The van der Waals surface area contributed by atoms with Crippen LogP contribution in [0.15, 0.2) is 0 Å². The average molecular weight is 354 g/mol. The van der Waals surface area contributed by atoms with E-state index >= 15 is 0 Å². The van der Waals surface area contributed by atoms with E-state index in [0.717, 1.165) is 24.8 Å². The molecule has 0 atom stereocenters. The highest BCUT2D eigenvalue weighted by Crippen LogP contribution is 2.33. The number of rotatable bonds is 7. The van der Waals surface area contributed by atoms with E-state index in [2.05, 4.69) is 34.7 Å². The van der Waals surface area contributed by atoms with Crippen LogP contribution in [0.5, 0.6) is 0 Å². The summed E-state index contributed by atoms with van der Waals surface area (Å²) in [6, 6.07) is 0. The van der Waals surface area contributed by atoms with Gasteiger partial charge in [0, 0.05) is 18.4 Å². The van der Waals surface area contributed by atoms with Crippen molar-refractivity contribution in [3.05, 3.63) is 0 Å². The van der Waals surface area contributed by atoms with E-state index < -0.39 is 9.84 Å². The Morgan fingerprint density at radius 3 is 2.26 bits per heavy atom. The Morgan fingerprint density at radius 2 is 1.74 bits per heavy atom. The standard InChI is InChI=1S/C14H28BrNO2S/c1-3-6-14(12-15,7-4-2)13-16-8-5-10-19(17,18)11-9-16/h3-13H2,1-2H3. The topological polar surface area (TPSA) is 37.4 Å². The van der Waals surface area contributed by atoms with Crippen molar-refractivity contribution in [1.82, 2.24) is 4.90 Å². The predicted octanol–water partition coefficient (Wildman–Crippen LogP) is 3.09. The molecule has 0 amide bonds. The zero-order valence-electron chi connectivity index (χ0n) is 12.3. The van der Waals surface area contributed by atoms with E-state index in [-0.39, 0.29) is 0 Å². The molecule has 1 fully saturated rings. The van der Waals surface area contributed by atoms with Crippen LogP contribution in [0.25, 0.3) is 0 Å². The third-order valence-electron chi connectivity index (χ3n) is 4.05. The van der Waals surface area contributed by atoms with Gasteiger partial charge >= 0.3 is 0 Å². The van der Waals surface area contributed by atoms with Crippen LogP contribution in [0.2, 0.25) is 0 Å². The smallest absolute Gasteiger partial charge is 0.151 e. The Bertz CT molecular complexity index is 350. The highest BCUT2D eigenvalue weighted by Gasteiger charge is 2.31. The van der Waals surface area contributed by atoms with Crippen molar-refractivity contribution in [3.63, 3.8) is 0 Å². The van der Waals surface area contributed by atoms with Gasteiger partial charge in [-0.15, -0.1) is 0 Å². The van der Waals surface area contributed by atoms with Gasteiger partial charge in [0.15, 0.2) is 9.84 Å². The third kappa shape index (κ3) is 5.72. The van der Waals surface area contributed by atoms with Gasteiger partial charge in [-0.25, -0.2) is 8.42 Å². The minimum absolute atomic E-state index is 0.317. The summed E-state index contributed by atoms with van der Waals surface area (Å²) in [5.41, 5.74) is 0.317. The Balaban J connectivity index is 2.67. The van der Waals surface area contributed by atoms with Gasteiger partial charge in [-0.05, 0) is 31.2 Å². The lowest BCUT2D eigenvalue weighted by Gasteiger charge is -2.37. The number of halogens is 1. The summed E-state index contributed by atoms with van der Waals surface area (Å²) >= 11 is 3.70. The molecule has 0 unspecified atom stereocenters. The molecular formula is C14H28BrNO2S. The molecule has 0 aromatic carbocycles. The molecule has 0 bridgehead atoms. The van der Waals surface area contributed by atoms with Crippen LogP contribution in [-0.2, 0) is 9.84 Å². The predicted molar refractivity (Wildman–Crippen MR) is 85.8 cm³/mol. The highest BCUT2D eigenvalue weighted by atomic mass is 79.9. The lowest BCUT2D eigenvalue weighted by Crippen LogP contribution is -2.40. The number of nitrogens with zero attached hydrogens (tertiary/aromatic N) is 1. The molecule has 3 nitrogen and oxygen atoms in total. The Labute approximate surface area is 127 Å². The molecule has 114 valence electrons. The first kappa shape index (κ1) is 17.4. The zero-order chi connectivity index (χ0) is 14.4. The maximum Gasteiger partial charge on any atom is 0.151 e. The van der Waals surface area contributed by atoms with E-state index in [1.54, 1.807) is 0 Å². The largest absolute Gasteiger partial charge is 0.302 e. The van der Waals surface area contributed by atoms with E-state index in [1.165, 1.54) is 25.7 Å². The Morgan fingerprint density at radius 1 is 1.11 bits per heavy atom. The van der Waals surface area contributed by atoms with Crippen LogP contribution in [0.3, 0.4) is 0 Å². The molecule has 1 saturated heterocycles. The van der Waals surface area contributed by atoms with Crippen LogP contribution in [0.1, 0.15) is 46.0 Å². The monoisotopic (exact) mass is 353 g/mol. The molecule has 5 heteroatoms.